The van der Waals surface area contributed by atoms with Crippen molar-refractivity contribution in [3.05, 3.63) is 27.5 Å². The highest BCUT2D eigenvalue weighted by atomic mass is 79.9. The van der Waals surface area contributed by atoms with Gasteiger partial charge in [-0.05, 0) is 22.9 Å². The number of hydrogen-bond acceptors (Lipinski definition) is 2. The van der Waals surface area contributed by atoms with E-state index in [2.05, 4.69) is 25.9 Å². The van der Waals surface area contributed by atoms with Crippen LogP contribution in [0.1, 0.15) is 17.3 Å². The van der Waals surface area contributed by atoms with E-state index >= 15 is 0 Å². The molecular formula is C11H11BrClN3O. The molecule has 0 unspecified atom stereocenters. The first-order chi connectivity index (χ1) is 8.06. The van der Waals surface area contributed by atoms with Crippen LogP contribution in [0.2, 0.25) is 5.02 Å². The SMILES string of the molecule is CCN(C)C(=O)c1c[nH]c2ncc(Br)c(Cl)c12. The summed E-state index contributed by atoms with van der Waals surface area (Å²) < 4.78 is 0.680. The fourth-order valence-corrected chi connectivity index (χ4v) is 2.09. The Hall–Kier alpha value is -1.07. The molecule has 0 bridgehead atoms. The summed E-state index contributed by atoms with van der Waals surface area (Å²) in [4.78, 5) is 20.9. The largest absolute Gasteiger partial charge is 0.345 e. The smallest absolute Gasteiger partial charge is 0.255 e. The summed E-state index contributed by atoms with van der Waals surface area (Å²) in [7, 11) is 1.75. The predicted molar refractivity (Wildman–Crippen MR) is 71.4 cm³/mol. The third-order valence-electron chi connectivity index (χ3n) is 2.65. The minimum atomic E-state index is -0.0689. The average Bonchev–Trinajstić information content (AvgIpc) is 2.76. The molecule has 1 amide bonds. The summed E-state index contributed by atoms with van der Waals surface area (Å²) in [6.07, 6.45) is 3.25. The molecule has 0 aliphatic heterocycles. The zero-order chi connectivity index (χ0) is 12.6. The molecule has 2 rings (SSSR count). The van der Waals surface area contributed by atoms with Crippen molar-refractivity contribution >= 4 is 44.5 Å². The maximum absolute atomic E-state index is 12.1. The van der Waals surface area contributed by atoms with E-state index in [4.69, 9.17) is 11.6 Å². The summed E-state index contributed by atoms with van der Waals surface area (Å²) in [6, 6.07) is 0. The molecule has 0 atom stereocenters. The van der Waals surface area contributed by atoms with Crippen LogP contribution < -0.4 is 0 Å². The van der Waals surface area contributed by atoms with E-state index in [0.29, 0.717) is 32.6 Å². The van der Waals surface area contributed by atoms with Gasteiger partial charge in [0.05, 0.1) is 20.4 Å². The molecule has 0 spiro atoms. The highest BCUT2D eigenvalue weighted by Gasteiger charge is 2.19. The summed E-state index contributed by atoms with van der Waals surface area (Å²) in [5.74, 6) is -0.0689. The Morgan fingerprint density at radius 1 is 1.65 bits per heavy atom. The molecule has 0 aromatic carbocycles. The lowest BCUT2D eigenvalue weighted by Gasteiger charge is -2.13. The average molecular weight is 317 g/mol. The molecule has 0 aliphatic rings. The minimum absolute atomic E-state index is 0.0689. The van der Waals surface area contributed by atoms with Crippen molar-refractivity contribution < 1.29 is 4.79 Å². The van der Waals surface area contributed by atoms with E-state index in [1.165, 1.54) is 0 Å². The number of H-pyrrole nitrogens is 1. The molecule has 2 aromatic heterocycles. The summed E-state index contributed by atoms with van der Waals surface area (Å²) in [6.45, 7) is 2.56. The van der Waals surface area contributed by atoms with Gasteiger partial charge in [-0.1, -0.05) is 11.6 Å². The number of aromatic amines is 1. The van der Waals surface area contributed by atoms with Gasteiger partial charge >= 0.3 is 0 Å². The van der Waals surface area contributed by atoms with Gasteiger partial charge in [0.2, 0.25) is 0 Å². The van der Waals surface area contributed by atoms with Gasteiger partial charge in [-0.15, -0.1) is 0 Å². The fourth-order valence-electron chi connectivity index (χ4n) is 1.55. The van der Waals surface area contributed by atoms with Crippen LogP contribution in [0.5, 0.6) is 0 Å². The lowest BCUT2D eigenvalue weighted by atomic mass is 10.2. The number of halogens is 2. The number of aromatic nitrogens is 2. The Kier molecular flexibility index (Phi) is 3.40. The fraction of sp³-hybridized carbons (Fsp3) is 0.273. The van der Waals surface area contributed by atoms with Crippen molar-refractivity contribution in [3.8, 4) is 0 Å². The minimum Gasteiger partial charge on any atom is -0.345 e. The number of carbonyl (C=O) groups excluding carboxylic acids is 1. The second kappa shape index (κ2) is 4.66. The molecule has 0 fully saturated rings. The quantitative estimate of drug-likeness (QED) is 0.925. The molecule has 0 saturated carbocycles. The molecule has 2 heterocycles. The van der Waals surface area contributed by atoms with Gasteiger partial charge in [-0.3, -0.25) is 4.79 Å². The second-order valence-corrected chi connectivity index (χ2v) is 4.90. The number of amides is 1. The Bertz CT molecular complexity index is 581. The van der Waals surface area contributed by atoms with Crippen LogP contribution in [0.25, 0.3) is 11.0 Å². The number of nitrogens with zero attached hydrogens (tertiary/aromatic N) is 2. The van der Waals surface area contributed by atoms with E-state index in [9.17, 15) is 4.79 Å². The Balaban J connectivity index is 2.63. The summed E-state index contributed by atoms with van der Waals surface area (Å²) in [5, 5.41) is 1.16. The van der Waals surface area contributed by atoms with Crippen molar-refractivity contribution in [2.45, 2.75) is 6.92 Å². The van der Waals surface area contributed by atoms with Crippen molar-refractivity contribution in [3.63, 3.8) is 0 Å². The molecule has 0 aliphatic carbocycles. The highest BCUT2D eigenvalue weighted by Crippen LogP contribution is 2.32. The number of rotatable bonds is 2. The van der Waals surface area contributed by atoms with Crippen molar-refractivity contribution in [1.82, 2.24) is 14.9 Å². The van der Waals surface area contributed by atoms with Crippen LogP contribution in [0.15, 0.2) is 16.9 Å². The van der Waals surface area contributed by atoms with Crippen molar-refractivity contribution in [2.24, 2.45) is 0 Å². The number of hydrogen-bond donors (Lipinski definition) is 1. The Labute approximate surface area is 112 Å². The van der Waals surface area contributed by atoms with Gasteiger partial charge in [0.1, 0.15) is 5.65 Å². The maximum Gasteiger partial charge on any atom is 0.255 e. The first-order valence-corrected chi connectivity index (χ1v) is 6.30. The van der Waals surface area contributed by atoms with E-state index in [1.54, 1.807) is 24.3 Å². The van der Waals surface area contributed by atoms with Crippen LogP contribution in [0.4, 0.5) is 0 Å². The van der Waals surface area contributed by atoms with Crippen molar-refractivity contribution in [1.29, 1.82) is 0 Å². The second-order valence-electron chi connectivity index (χ2n) is 3.67. The first-order valence-electron chi connectivity index (χ1n) is 5.12. The summed E-state index contributed by atoms with van der Waals surface area (Å²) >= 11 is 9.49. The van der Waals surface area contributed by atoms with Gasteiger partial charge in [-0.25, -0.2) is 4.98 Å². The predicted octanol–water partition coefficient (Wildman–Crippen LogP) is 3.07. The maximum atomic E-state index is 12.1. The molecule has 0 radical (unpaired) electrons. The molecule has 17 heavy (non-hydrogen) atoms. The van der Waals surface area contributed by atoms with Crippen LogP contribution in [-0.2, 0) is 0 Å². The zero-order valence-corrected chi connectivity index (χ0v) is 11.8. The van der Waals surface area contributed by atoms with Crippen LogP contribution >= 0.6 is 27.5 Å². The lowest BCUT2D eigenvalue weighted by molar-refractivity contribution is 0.0804. The van der Waals surface area contributed by atoms with Crippen molar-refractivity contribution in [2.75, 3.05) is 13.6 Å². The first kappa shape index (κ1) is 12.4. The van der Waals surface area contributed by atoms with Crippen LogP contribution in [0.3, 0.4) is 0 Å². The molecule has 0 saturated heterocycles. The van der Waals surface area contributed by atoms with Crippen LogP contribution in [0, 0.1) is 0 Å². The van der Waals surface area contributed by atoms with Gasteiger partial charge in [0.15, 0.2) is 0 Å². The molecule has 90 valence electrons. The van der Waals surface area contributed by atoms with Gasteiger partial charge in [0, 0.05) is 26.0 Å². The van der Waals surface area contributed by atoms with Gasteiger partial charge < -0.3 is 9.88 Å². The monoisotopic (exact) mass is 315 g/mol. The third kappa shape index (κ3) is 2.05. The molecule has 6 heteroatoms. The molecule has 2 aromatic rings. The lowest BCUT2D eigenvalue weighted by Crippen LogP contribution is -2.25. The third-order valence-corrected chi connectivity index (χ3v) is 3.87. The number of pyridine rings is 1. The number of nitrogens with one attached hydrogen (secondary N) is 1. The zero-order valence-electron chi connectivity index (χ0n) is 9.42. The standard InChI is InChI=1S/C11H11BrClN3O/c1-3-16(2)11(17)6-4-14-10-8(6)9(13)7(12)5-15-10/h4-5H,3H2,1-2H3,(H,14,15). The topological polar surface area (TPSA) is 49.0 Å². The molecule has 4 nitrogen and oxygen atoms in total. The van der Waals surface area contributed by atoms with Crippen LogP contribution in [-0.4, -0.2) is 34.4 Å². The van der Waals surface area contributed by atoms with E-state index in [0.717, 1.165) is 0 Å². The normalized spacial score (nSPS) is 10.8. The Morgan fingerprint density at radius 3 is 3.00 bits per heavy atom. The Morgan fingerprint density at radius 2 is 2.35 bits per heavy atom. The van der Waals surface area contributed by atoms with E-state index in [1.807, 2.05) is 6.92 Å². The molecule has 1 N–H and O–H groups in total. The number of carbonyl (C=O) groups is 1. The molecular weight excluding hydrogens is 305 g/mol. The van der Waals surface area contributed by atoms with Gasteiger partial charge in [-0.2, -0.15) is 0 Å². The van der Waals surface area contributed by atoms with Gasteiger partial charge in [0.25, 0.3) is 5.91 Å². The van der Waals surface area contributed by atoms with E-state index in [-0.39, 0.29) is 5.91 Å². The van der Waals surface area contributed by atoms with E-state index < -0.39 is 0 Å². The summed E-state index contributed by atoms with van der Waals surface area (Å²) in [5.41, 5.74) is 1.16. The highest BCUT2D eigenvalue weighted by molar-refractivity contribution is 9.10. The number of fused-ring (bicyclic) bond motifs is 1.